The normalized spacial score (nSPS) is 12.1. The third kappa shape index (κ3) is 4.06. The number of pyridine rings is 1. The van der Waals surface area contributed by atoms with Gasteiger partial charge in [0.2, 0.25) is 0 Å². The van der Waals surface area contributed by atoms with Crippen LogP contribution in [0.15, 0.2) is 140 Å². The van der Waals surface area contributed by atoms with Crippen molar-refractivity contribution in [2.75, 3.05) is 0 Å². The molecule has 8 aromatic rings. The molecule has 0 atom stereocenters. The van der Waals surface area contributed by atoms with Gasteiger partial charge in [0.15, 0.2) is 0 Å². The number of para-hydroxylation sites is 1. The molecule has 6 aromatic carbocycles. The van der Waals surface area contributed by atoms with Gasteiger partial charge in [-0.05, 0) is 97.2 Å². The summed E-state index contributed by atoms with van der Waals surface area (Å²) in [6.45, 7) is 6.88. The predicted molar refractivity (Wildman–Crippen MR) is 183 cm³/mol. The van der Waals surface area contributed by atoms with Crippen LogP contribution in [-0.4, -0.2) is 9.55 Å². The van der Waals surface area contributed by atoms with Crippen LogP contribution < -0.4 is 0 Å². The van der Waals surface area contributed by atoms with E-state index in [1.165, 1.54) is 49.4 Å². The molecule has 0 unspecified atom stereocenters. The number of fused-ring (bicyclic) bond motifs is 5. The summed E-state index contributed by atoms with van der Waals surface area (Å²) in [5, 5.41) is 6.25. The molecule has 0 aliphatic carbocycles. The molecular formula is C41H32N2. The van der Waals surface area contributed by atoms with E-state index in [9.17, 15) is 0 Å². The molecule has 43 heavy (non-hydrogen) atoms. The van der Waals surface area contributed by atoms with Crippen LogP contribution in [0, 0.1) is 0 Å². The van der Waals surface area contributed by atoms with Gasteiger partial charge in [-0.3, -0.25) is 4.98 Å². The number of rotatable bonds is 3. The minimum Gasteiger partial charge on any atom is -0.308 e. The van der Waals surface area contributed by atoms with E-state index in [0.29, 0.717) is 0 Å². The van der Waals surface area contributed by atoms with Crippen LogP contribution in [0.25, 0.3) is 71.4 Å². The van der Waals surface area contributed by atoms with E-state index in [-0.39, 0.29) is 5.41 Å². The summed E-state index contributed by atoms with van der Waals surface area (Å²) in [5.41, 5.74) is 10.8. The highest BCUT2D eigenvalue weighted by atomic mass is 15.0. The molecule has 0 amide bonds. The fourth-order valence-corrected chi connectivity index (χ4v) is 6.72. The lowest BCUT2D eigenvalue weighted by atomic mass is 9.81. The maximum absolute atomic E-state index is 4.89. The fraction of sp³-hybridized carbons (Fsp3) is 0.0976. The third-order valence-corrected chi connectivity index (χ3v) is 8.78. The Morgan fingerprint density at radius 3 is 1.86 bits per heavy atom. The minimum absolute atomic E-state index is 0.0395. The molecule has 0 aliphatic rings. The molecule has 0 aliphatic heterocycles. The first kappa shape index (κ1) is 25.5. The molecule has 2 heterocycles. The van der Waals surface area contributed by atoms with Crippen LogP contribution in [0.3, 0.4) is 0 Å². The van der Waals surface area contributed by atoms with Crippen molar-refractivity contribution in [1.82, 2.24) is 9.55 Å². The smallest absolute Gasteiger partial charge is 0.0963 e. The topological polar surface area (TPSA) is 17.8 Å². The molecule has 0 bridgehead atoms. The molecule has 2 nitrogen and oxygen atoms in total. The largest absolute Gasteiger partial charge is 0.308 e. The second-order valence-corrected chi connectivity index (χ2v) is 12.4. The highest BCUT2D eigenvalue weighted by Gasteiger charge is 2.21. The Bertz CT molecular complexity index is 2300. The monoisotopic (exact) mass is 552 g/mol. The summed E-state index contributed by atoms with van der Waals surface area (Å²) in [6, 6.07) is 48.5. The average Bonchev–Trinajstić information content (AvgIpc) is 3.37. The van der Waals surface area contributed by atoms with Crippen molar-refractivity contribution < 1.29 is 0 Å². The second kappa shape index (κ2) is 9.68. The Hall–Kier alpha value is -5.21. The van der Waals surface area contributed by atoms with Gasteiger partial charge in [-0.15, -0.1) is 0 Å². The van der Waals surface area contributed by atoms with E-state index in [1.807, 2.05) is 12.3 Å². The lowest BCUT2D eigenvalue weighted by Crippen LogP contribution is -2.10. The summed E-state index contributed by atoms with van der Waals surface area (Å²) < 4.78 is 2.33. The maximum atomic E-state index is 4.89. The van der Waals surface area contributed by atoms with Crippen molar-refractivity contribution in [1.29, 1.82) is 0 Å². The average molecular weight is 553 g/mol. The Kier molecular flexibility index (Phi) is 5.74. The first-order chi connectivity index (χ1) is 21.0. The highest BCUT2D eigenvalue weighted by Crippen LogP contribution is 2.45. The van der Waals surface area contributed by atoms with Gasteiger partial charge >= 0.3 is 0 Å². The molecule has 0 N–H and O–H groups in total. The number of hydrogen-bond acceptors (Lipinski definition) is 1. The van der Waals surface area contributed by atoms with E-state index < -0.39 is 0 Å². The minimum atomic E-state index is 0.0395. The Labute approximate surface area is 251 Å². The zero-order chi connectivity index (χ0) is 29.1. The number of benzene rings is 6. The van der Waals surface area contributed by atoms with Crippen molar-refractivity contribution in [3.63, 3.8) is 0 Å². The van der Waals surface area contributed by atoms with Crippen LogP contribution in [0.1, 0.15) is 26.3 Å². The number of hydrogen-bond donors (Lipinski definition) is 0. The molecule has 0 spiro atoms. The van der Waals surface area contributed by atoms with Gasteiger partial charge in [-0.25, -0.2) is 0 Å². The third-order valence-electron chi connectivity index (χ3n) is 8.78. The predicted octanol–water partition coefficient (Wildman–Crippen LogP) is 11.1. The first-order valence-electron chi connectivity index (χ1n) is 15.0. The van der Waals surface area contributed by atoms with Crippen molar-refractivity contribution >= 4 is 43.5 Å². The van der Waals surface area contributed by atoms with Crippen molar-refractivity contribution in [3.05, 3.63) is 145 Å². The Morgan fingerprint density at radius 1 is 0.488 bits per heavy atom. The zero-order valence-electron chi connectivity index (χ0n) is 24.7. The van der Waals surface area contributed by atoms with Gasteiger partial charge < -0.3 is 4.57 Å². The molecule has 206 valence electrons. The zero-order valence-corrected chi connectivity index (χ0v) is 24.7. The molecule has 2 heteroatoms. The molecule has 2 aromatic heterocycles. The Morgan fingerprint density at radius 2 is 1.14 bits per heavy atom. The van der Waals surface area contributed by atoms with E-state index in [2.05, 4.69) is 153 Å². The van der Waals surface area contributed by atoms with E-state index >= 15 is 0 Å². The van der Waals surface area contributed by atoms with Crippen LogP contribution in [0.4, 0.5) is 0 Å². The lowest BCUT2D eigenvalue weighted by Gasteiger charge is -2.23. The quantitative estimate of drug-likeness (QED) is 0.199. The van der Waals surface area contributed by atoms with Gasteiger partial charge in [-0.2, -0.15) is 0 Å². The maximum Gasteiger partial charge on any atom is 0.0963 e. The summed E-state index contributed by atoms with van der Waals surface area (Å²) in [4.78, 5) is 4.89. The van der Waals surface area contributed by atoms with Gasteiger partial charge in [-0.1, -0.05) is 112 Å². The van der Waals surface area contributed by atoms with Gasteiger partial charge in [0.05, 0.1) is 16.6 Å². The highest BCUT2D eigenvalue weighted by molar-refractivity contribution is 6.22. The Balaban J connectivity index is 1.49. The van der Waals surface area contributed by atoms with Crippen LogP contribution in [-0.2, 0) is 5.41 Å². The summed E-state index contributed by atoms with van der Waals surface area (Å²) >= 11 is 0. The standard InChI is InChI=1S/C41H32N2/c1-41(2,3)29-21-22-33-34(26-29)38(27-13-6-4-7-14-27)31-17-10-11-18-32(31)39(33)28-20-23-36-35(25-28)40-37(19-12-24-42-40)43(36)30-15-8-5-9-16-30/h4-26H,1-3H3. The van der Waals surface area contributed by atoms with E-state index in [1.54, 1.807) is 0 Å². The van der Waals surface area contributed by atoms with Crippen molar-refractivity contribution in [2.24, 2.45) is 0 Å². The molecule has 0 radical (unpaired) electrons. The van der Waals surface area contributed by atoms with Crippen molar-refractivity contribution in [2.45, 2.75) is 26.2 Å². The summed E-state index contributed by atoms with van der Waals surface area (Å²) in [7, 11) is 0. The van der Waals surface area contributed by atoms with Gasteiger partial charge in [0, 0.05) is 17.3 Å². The summed E-state index contributed by atoms with van der Waals surface area (Å²) in [5.74, 6) is 0. The first-order valence-corrected chi connectivity index (χ1v) is 15.0. The number of nitrogens with zero attached hydrogens (tertiary/aromatic N) is 2. The van der Waals surface area contributed by atoms with Gasteiger partial charge in [0.1, 0.15) is 0 Å². The van der Waals surface area contributed by atoms with Crippen LogP contribution >= 0.6 is 0 Å². The lowest BCUT2D eigenvalue weighted by molar-refractivity contribution is 0.591. The van der Waals surface area contributed by atoms with Gasteiger partial charge in [0.25, 0.3) is 0 Å². The molecule has 0 saturated heterocycles. The van der Waals surface area contributed by atoms with Crippen LogP contribution in [0.5, 0.6) is 0 Å². The van der Waals surface area contributed by atoms with Crippen molar-refractivity contribution in [3.8, 4) is 27.9 Å². The molecule has 0 saturated carbocycles. The van der Waals surface area contributed by atoms with Crippen LogP contribution in [0.2, 0.25) is 0 Å². The van der Waals surface area contributed by atoms with E-state index in [4.69, 9.17) is 4.98 Å². The number of aromatic nitrogens is 2. The molecule has 0 fully saturated rings. The van der Waals surface area contributed by atoms with E-state index in [0.717, 1.165) is 27.6 Å². The molecular weight excluding hydrogens is 520 g/mol. The fourth-order valence-electron chi connectivity index (χ4n) is 6.72. The molecule has 8 rings (SSSR count). The summed E-state index contributed by atoms with van der Waals surface area (Å²) in [6.07, 6.45) is 1.90. The SMILES string of the molecule is CC(C)(C)c1ccc2c(-c3ccc4c(c3)c3ncccc3n4-c3ccccc3)c3ccccc3c(-c3ccccc3)c2c1. The second-order valence-electron chi connectivity index (χ2n) is 12.4.